The van der Waals surface area contributed by atoms with Crippen molar-refractivity contribution in [2.24, 2.45) is 0 Å². The molecule has 3 aromatic carbocycles. The molecule has 31 heavy (non-hydrogen) atoms. The van der Waals surface area contributed by atoms with Crippen LogP contribution in [-0.4, -0.2) is 27.2 Å². The lowest BCUT2D eigenvalue weighted by Crippen LogP contribution is -2.45. The summed E-state index contributed by atoms with van der Waals surface area (Å²) in [6, 6.07) is 16.2. The van der Waals surface area contributed by atoms with Gasteiger partial charge in [-0.25, -0.2) is 8.42 Å². The number of hydrogen-bond donors (Lipinski definition) is 1. The number of methoxy groups -OCH3 is 1. The number of ether oxygens (including phenoxy) is 1. The van der Waals surface area contributed by atoms with Gasteiger partial charge < -0.3 is 4.74 Å². The maximum absolute atomic E-state index is 15.4. The zero-order chi connectivity index (χ0) is 22.6. The number of benzene rings is 3. The highest BCUT2D eigenvalue weighted by Crippen LogP contribution is 2.36. The number of Topliss-reactive ketones (excluding diaryl/α,β-unsaturated/α-hetero) is 1. The first-order valence-electron chi connectivity index (χ1n) is 9.36. The molecular formula is C23H21F2NO4S. The molecule has 5 nitrogen and oxygen atoms in total. The summed E-state index contributed by atoms with van der Waals surface area (Å²) in [4.78, 5) is 12.5. The van der Waals surface area contributed by atoms with E-state index in [1.54, 1.807) is 25.1 Å². The van der Waals surface area contributed by atoms with Gasteiger partial charge in [0.15, 0.2) is 0 Å². The Bertz CT molecular complexity index is 1150. The average Bonchev–Trinajstić information content (AvgIpc) is 2.78. The van der Waals surface area contributed by atoms with Crippen molar-refractivity contribution in [1.29, 1.82) is 0 Å². The third-order valence-corrected chi connectivity index (χ3v) is 6.19. The summed E-state index contributed by atoms with van der Waals surface area (Å²) in [7, 11) is -2.92. The number of halogens is 2. The molecule has 0 bridgehead atoms. The summed E-state index contributed by atoms with van der Waals surface area (Å²) in [6.07, 6.45) is 0. The molecular weight excluding hydrogens is 424 g/mol. The predicted octanol–water partition coefficient (Wildman–Crippen LogP) is 4.54. The molecule has 0 aliphatic carbocycles. The number of hydrogen-bond acceptors (Lipinski definition) is 4. The van der Waals surface area contributed by atoms with E-state index in [9.17, 15) is 13.2 Å². The fourth-order valence-electron chi connectivity index (χ4n) is 3.00. The van der Waals surface area contributed by atoms with Crippen LogP contribution in [0.1, 0.15) is 27.5 Å². The molecule has 1 unspecified atom stereocenters. The molecule has 0 saturated carbocycles. The predicted molar refractivity (Wildman–Crippen MR) is 113 cm³/mol. The number of aryl methyl sites for hydroxylation is 1. The molecule has 1 N–H and O–H groups in total. The molecule has 0 amide bonds. The van der Waals surface area contributed by atoms with Gasteiger partial charge in [0.05, 0.1) is 12.0 Å². The summed E-state index contributed by atoms with van der Waals surface area (Å²) in [6.45, 7) is 1.78. The smallest absolute Gasteiger partial charge is 0.329 e. The molecule has 8 heteroatoms. The molecule has 162 valence electrons. The number of sulfonamides is 1. The normalized spacial score (nSPS) is 12.9. The van der Waals surface area contributed by atoms with Gasteiger partial charge in [0, 0.05) is 5.56 Å². The van der Waals surface area contributed by atoms with E-state index in [1.165, 1.54) is 67.8 Å². The van der Waals surface area contributed by atoms with Crippen molar-refractivity contribution in [1.82, 2.24) is 4.72 Å². The van der Waals surface area contributed by atoms with Crippen molar-refractivity contribution in [3.8, 4) is 5.75 Å². The minimum atomic E-state index is -4.34. The van der Waals surface area contributed by atoms with Crippen LogP contribution in [0.2, 0.25) is 0 Å². The van der Waals surface area contributed by atoms with E-state index in [-0.39, 0.29) is 16.0 Å². The maximum atomic E-state index is 15.4. The van der Waals surface area contributed by atoms with Gasteiger partial charge >= 0.3 is 5.92 Å². The van der Waals surface area contributed by atoms with Crippen LogP contribution in [0.15, 0.2) is 83.8 Å². The molecule has 0 aliphatic heterocycles. The first kappa shape index (κ1) is 22.6. The molecule has 0 heterocycles. The monoisotopic (exact) mass is 445 g/mol. The summed E-state index contributed by atoms with van der Waals surface area (Å²) < 4.78 is 63.6. The lowest BCUT2D eigenvalue weighted by molar-refractivity contribution is -0.0111. The van der Waals surface area contributed by atoms with E-state index in [2.05, 4.69) is 0 Å². The second-order valence-electron chi connectivity index (χ2n) is 6.96. The summed E-state index contributed by atoms with van der Waals surface area (Å²) >= 11 is 0. The van der Waals surface area contributed by atoms with Crippen molar-refractivity contribution < 1.29 is 26.7 Å². The number of carbonyl (C=O) groups excluding carboxylic acids is 1. The molecule has 0 saturated heterocycles. The summed E-state index contributed by atoms with van der Waals surface area (Å²) in [5.74, 6) is -5.16. The quantitative estimate of drug-likeness (QED) is 0.517. The van der Waals surface area contributed by atoms with E-state index in [0.717, 1.165) is 5.56 Å². The van der Waals surface area contributed by atoms with E-state index < -0.39 is 27.8 Å². The van der Waals surface area contributed by atoms with Gasteiger partial charge in [0.25, 0.3) is 0 Å². The second-order valence-corrected chi connectivity index (χ2v) is 8.67. The van der Waals surface area contributed by atoms with E-state index in [4.69, 9.17) is 4.74 Å². The molecule has 1 atom stereocenters. The highest BCUT2D eigenvalue weighted by molar-refractivity contribution is 7.89. The molecule has 0 spiro atoms. The van der Waals surface area contributed by atoms with Crippen molar-refractivity contribution in [2.45, 2.75) is 23.8 Å². The first-order chi connectivity index (χ1) is 14.6. The summed E-state index contributed by atoms with van der Waals surface area (Å²) in [5, 5.41) is 0. The van der Waals surface area contributed by atoms with Gasteiger partial charge in [-0.1, -0.05) is 48.0 Å². The standard InChI is InChI=1S/C23H21F2NO4S/c1-16-8-14-20(15-9-16)31(28,29)26-21(17-6-4-3-5-7-17)23(24,25)22(27)18-10-12-19(30-2)13-11-18/h3-15,21,26H,1-2H3. The van der Waals surface area contributed by atoms with Crippen LogP contribution >= 0.6 is 0 Å². The van der Waals surface area contributed by atoms with Gasteiger partial charge in [0.1, 0.15) is 11.8 Å². The Balaban J connectivity index is 2.01. The third kappa shape index (κ3) is 4.98. The Hall–Kier alpha value is -3.10. The van der Waals surface area contributed by atoms with Crippen LogP contribution in [0, 0.1) is 6.92 Å². The Kier molecular flexibility index (Phi) is 6.52. The Morgan fingerprint density at radius 2 is 1.52 bits per heavy atom. The number of carbonyl (C=O) groups is 1. The van der Waals surface area contributed by atoms with Crippen LogP contribution in [-0.2, 0) is 10.0 Å². The van der Waals surface area contributed by atoms with Crippen molar-refractivity contribution in [2.75, 3.05) is 7.11 Å². The number of alkyl halides is 2. The van der Waals surface area contributed by atoms with Crippen LogP contribution < -0.4 is 9.46 Å². The van der Waals surface area contributed by atoms with Crippen LogP contribution in [0.4, 0.5) is 8.78 Å². The van der Waals surface area contributed by atoms with Gasteiger partial charge in [-0.15, -0.1) is 0 Å². The van der Waals surface area contributed by atoms with Crippen molar-refractivity contribution in [3.05, 3.63) is 95.6 Å². The van der Waals surface area contributed by atoms with Crippen LogP contribution in [0.25, 0.3) is 0 Å². The fraction of sp³-hybridized carbons (Fsp3) is 0.174. The molecule has 0 aromatic heterocycles. The molecule has 0 radical (unpaired) electrons. The Morgan fingerprint density at radius 3 is 2.06 bits per heavy atom. The number of ketones is 1. The maximum Gasteiger partial charge on any atom is 0.329 e. The number of nitrogens with one attached hydrogen (secondary N) is 1. The lowest BCUT2D eigenvalue weighted by atomic mass is 9.94. The minimum absolute atomic E-state index is 0.0370. The molecule has 3 rings (SSSR count). The highest BCUT2D eigenvalue weighted by atomic mass is 32.2. The largest absolute Gasteiger partial charge is 0.497 e. The van der Waals surface area contributed by atoms with Crippen LogP contribution in [0.3, 0.4) is 0 Å². The van der Waals surface area contributed by atoms with E-state index in [1.807, 2.05) is 4.72 Å². The average molecular weight is 445 g/mol. The minimum Gasteiger partial charge on any atom is -0.497 e. The molecule has 0 fully saturated rings. The van der Waals surface area contributed by atoms with Crippen molar-refractivity contribution in [3.63, 3.8) is 0 Å². The first-order valence-corrected chi connectivity index (χ1v) is 10.8. The molecule has 0 aliphatic rings. The second kappa shape index (κ2) is 8.95. The highest BCUT2D eigenvalue weighted by Gasteiger charge is 2.50. The zero-order valence-electron chi connectivity index (χ0n) is 16.9. The van der Waals surface area contributed by atoms with Gasteiger partial charge in [0.2, 0.25) is 15.8 Å². The molecule has 3 aromatic rings. The van der Waals surface area contributed by atoms with E-state index >= 15 is 8.78 Å². The summed E-state index contributed by atoms with van der Waals surface area (Å²) in [5.41, 5.74) is 0.518. The third-order valence-electron chi connectivity index (χ3n) is 4.75. The zero-order valence-corrected chi connectivity index (χ0v) is 17.7. The fourth-order valence-corrected chi connectivity index (χ4v) is 4.23. The van der Waals surface area contributed by atoms with Gasteiger partial charge in [-0.05, 0) is 48.9 Å². The Morgan fingerprint density at radius 1 is 0.935 bits per heavy atom. The SMILES string of the molecule is COc1ccc(C(=O)C(F)(F)C(NS(=O)(=O)c2ccc(C)cc2)c2ccccc2)cc1. The van der Waals surface area contributed by atoms with Crippen LogP contribution in [0.5, 0.6) is 5.75 Å². The van der Waals surface area contributed by atoms with Gasteiger partial charge in [-0.3, -0.25) is 4.79 Å². The van der Waals surface area contributed by atoms with E-state index in [0.29, 0.717) is 5.75 Å². The van der Waals surface area contributed by atoms with Gasteiger partial charge in [-0.2, -0.15) is 13.5 Å². The number of rotatable bonds is 8. The Labute approximate surface area is 179 Å². The van der Waals surface area contributed by atoms with Crippen molar-refractivity contribution >= 4 is 15.8 Å². The topological polar surface area (TPSA) is 72.5 Å². The lowest BCUT2D eigenvalue weighted by Gasteiger charge is -2.27.